The normalized spacial score (nSPS) is 11.0. The van der Waals surface area contributed by atoms with Crippen LogP contribution in [0.2, 0.25) is 0 Å². The van der Waals surface area contributed by atoms with Crippen LogP contribution in [0.1, 0.15) is 25.3 Å². The number of H-pyrrole nitrogens is 1. The van der Waals surface area contributed by atoms with E-state index in [1.54, 1.807) is 7.11 Å². The molecule has 0 unspecified atom stereocenters. The van der Waals surface area contributed by atoms with Crippen molar-refractivity contribution in [2.75, 3.05) is 18.2 Å². The molecule has 5 nitrogen and oxygen atoms in total. The van der Waals surface area contributed by atoms with Crippen molar-refractivity contribution < 1.29 is 9.53 Å². The number of nitrogens with one attached hydrogen (secondary N) is 2. The summed E-state index contributed by atoms with van der Waals surface area (Å²) in [5, 5.41) is 3.63. The quantitative estimate of drug-likeness (QED) is 0.642. The standard InChI is InChI=1S/C19H21N3O2S/c1-12(2)13-4-6-14(7-5-13)20-18(23)11-25-19-21-16-9-8-15(24-3)10-17(16)22-19/h4-10,12H,11H2,1-3H3,(H,20,23)(H,21,22). The van der Waals surface area contributed by atoms with Crippen molar-refractivity contribution >= 4 is 34.4 Å². The lowest BCUT2D eigenvalue weighted by molar-refractivity contribution is -0.113. The van der Waals surface area contributed by atoms with E-state index in [9.17, 15) is 4.79 Å². The number of amides is 1. The molecule has 0 atom stereocenters. The van der Waals surface area contributed by atoms with Crippen LogP contribution in [-0.2, 0) is 4.79 Å². The Morgan fingerprint density at radius 2 is 2.00 bits per heavy atom. The summed E-state index contributed by atoms with van der Waals surface area (Å²) in [7, 11) is 1.63. The van der Waals surface area contributed by atoms with Gasteiger partial charge in [-0.15, -0.1) is 0 Å². The van der Waals surface area contributed by atoms with Gasteiger partial charge in [-0.1, -0.05) is 37.7 Å². The maximum atomic E-state index is 12.1. The lowest BCUT2D eigenvalue weighted by Crippen LogP contribution is -2.14. The third-order valence-electron chi connectivity index (χ3n) is 3.87. The number of aromatic nitrogens is 2. The fraction of sp³-hybridized carbons (Fsp3) is 0.263. The van der Waals surface area contributed by atoms with E-state index in [-0.39, 0.29) is 5.91 Å². The van der Waals surface area contributed by atoms with Gasteiger partial charge in [0.2, 0.25) is 5.91 Å². The molecule has 0 aliphatic rings. The Morgan fingerprint density at radius 1 is 1.24 bits per heavy atom. The van der Waals surface area contributed by atoms with Gasteiger partial charge in [-0.05, 0) is 35.7 Å². The van der Waals surface area contributed by atoms with E-state index in [0.717, 1.165) is 22.5 Å². The summed E-state index contributed by atoms with van der Waals surface area (Å²) in [4.78, 5) is 19.8. The zero-order chi connectivity index (χ0) is 17.8. The van der Waals surface area contributed by atoms with Gasteiger partial charge in [0.05, 0.1) is 23.9 Å². The number of imidazole rings is 1. The van der Waals surface area contributed by atoms with E-state index in [4.69, 9.17) is 4.74 Å². The number of carbonyl (C=O) groups is 1. The van der Waals surface area contributed by atoms with Crippen LogP contribution in [-0.4, -0.2) is 28.7 Å². The number of nitrogens with zero attached hydrogens (tertiary/aromatic N) is 1. The van der Waals surface area contributed by atoms with Crippen LogP contribution in [0.5, 0.6) is 5.75 Å². The Kier molecular flexibility index (Phi) is 5.28. The first-order chi connectivity index (χ1) is 12.0. The van der Waals surface area contributed by atoms with Gasteiger partial charge in [0, 0.05) is 11.8 Å². The first kappa shape index (κ1) is 17.4. The molecule has 3 rings (SSSR count). The predicted octanol–water partition coefficient (Wildman–Crippen LogP) is 4.43. The van der Waals surface area contributed by atoms with Crippen molar-refractivity contribution in [1.29, 1.82) is 0 Å². The number of rotatable bonds is 6. The van der Waals surface area contributed by atoms with Crippen molar-refractivity contribution in [2.45, 2.75) is 24.9 Å². The Morgan fingerprint density at radius 3 is 2.68 bits per heavy atom. The van der Waals surface area contributed by atoms with Gasteiger partial charge in [-0.3, -0.25) is 4.79 Å². The number of fused-ring (bicyclic) bond motifs is 1. The third-order valence-corrected chi connectivity index (χ3v) is 4.74. The summed E-state index contributed by atoms with van der Waals surface area (Å²) >= 11 is 1.38. The summed E-state index contributed by atoms with van der Waals surface area (Å²) in [6, 6.07) is 13.6. The van der Waals surface area contributed by atoms with E-state index >= 15 is 0 Å². The highest BCUT2D eigenvalue weighted by molar-refractivity contribution is 7.99. The van der Waals surface area contributed by atoms with Gasteiger partial charge in [0.1, 0.15) is 5.75 Å². The molecular weight excluding hydrogens is 334 g/mol. The highest BCUT2D eigenvalue weighted by Gasteiger charge is 2.08. The maximum Gasteiger partial charge on any atom is 0.234 e. The predicted molar refractivity (Wildman–Crippen MR) is 103 cm³/mol. The molecule has 0 aliphatic heterocycles. The van der Waals surface area contributed by atoms with Gasteiger partial charge in [0.15, 0.2) is 5.16 Å². The molecule has 0 spiro atoms. The minimum absolute atomic E-state index is 0.0552. The van der Waals surface area contributed by atoms with Crippen molar-refractivity contribution in [3.8, 4) is 5.75 Å². The molecule has 0 radical (unpaired) electrons. The summed E-state index contributed by atoms with van der Waals surface area (Å²) in [6.45, 7) is 4.29. The Labute approximate surface area is 151 Å². The lowest BCUT2D eigenvalue weighted by atomic mass is 10.0. The second-order valence-electron chi connectivity index (χ2n) is 6.04. The van der Waals surface area contributed by atoms with E-state index in [1.807, 2.05) is 42.5 Å². The highest BCUT2D eigenvalue weighted by atomic mass is 32.2. The molecule has 0 saturated heterocycles. The van der Waals surface area contributed by atoms with Crippen molar-refractivity contribution in [3.05, 3.63) is 48.0 Å². The van der Waals surface area contributed by atoms with Crippen LogP contribution < -0.4 is 10.1 Å². The van der Waals surface area contributed by atoms with Crippen LogP contribution >= 0.6 is 11.8 Å². The van der Waals surface area contributed by atoms with Gasteiger partial charge in [-0.25, -0.2) is 4.98 Å². The largest absolute Gasteiger partial charge is 0.497 e. The molecule has 0 saturated carbocycles. The van der Waals surface area contributed by atoms with Gasteiger partial charge in [0.25, 0.3) is 0 Å². The number of aromatic amines is 1. The third kappa shape index (κ3) is 4.33. The zero-order valence-electron chi connectivity index (χ0n) is 14.5. The Balaban J connectivity index is 1.58. The molecule has 25 heavy (non-hydrogen) atoms. The summed E-state index contributed by atoms with van der Waals surface area (Å²) < 4.78 is 5.20. The number of carbonyl (C=O) groups excluding carboxylic acids is 1. The summed E-state index contributed by atoms with van der Waals surface area (Å²) in [5.41, 5.74) is 3.81. The molecular formula is C19H21N3O2S. The summed E-state index contributed by atoms with van der Waals surface area (Å²) in [5.74, 6) is 1.49. The zero-order valence-corrected chi connectivity index (χ0v) is 15.3. The smallest absolute Gasteiger partial charge is 0.234 e. The molecule has 2 N–H and O–H groups in total. The van der Waals surface area contributed by atoms with E-state index in [1.165, 1.54) is 17.3 Å². The molecule has 1 heterocycles. The van der Waals surface area contributed by atoms with Crippen LogP contribution in [0.25, 0.3) is 11.0 Å². The number of anilines is 1. The molecule has 3 aromatic rings. The molecule has 0 fully saturated rings. The minimum Gasteiger partial charge on any atom is -0.497 e. The topological polar surface area (TPSA) is 67.0 Å². The Bertz CT molecular complexity index is 872. The van der Waals surface area contributed by atoms with E-state index in [0.29, 0.717) is 16.8 Å². The average molecular weight is 355 g/mol. The van der Waals surface area contributed by atoms with Gasteiger partial charge >= 0.3 is 0 Å². The molecule has 0 aliphatic carbocycles. The maximum absolute atomic E-state index is 12.1. The second-order valence-corrected chi connectivity index (χ2v) is 7.00. The molecule has 6 heteroatoms. The second kappa shape index (κ2) is 7.61. The molecule has 1 amide bonds. The van der Waals surface area contributed by atoms with Crippen LogP contribution in [0.15, 0.2) is 47.6 Å². The number of hydrogen-bond donors (Lipinski definition) is 2. The number of thioether (sulfide) groups is 1. The van der Waals surface area contributed by atoms with Crippen molar-refractivity contribution in [2.24, 2.45) is 0 Å². The SMILES string of the molecule is COc1ccc2nc(SCC(=O)Nc3ccc(C(C)C)cc3)[nH]c2c1. The van der Waals surface area contributed by atoms with Crippen molar-refractivity contribution in [1.82, 2.24) is 9.97 Å². The van der Waals surface area contributed by atoms with E-state index < -0.39 is 0 Å². The fourth-order valence-electron chi connectivity index (χ4n) is 2.44. The van der Waals surface area contributed by atoms with Crippen molar-refractivity contribution in [3.63, 3.8) is 0 Å². The number of ether oxygens (including phenoxy) is 1. The number of benzene rings is 2. The molecule has 1 aromatic heterocycles. The Hall–Kier alpha value is -2.47. The van der Waals surface area contributed by atoms with Crippen LogP contribution in [0.4, 0.5) is 5.69 Å². The molecule has 130 valence electrons. The van der Waals surface area contributed by atoms with Crippen LogP contribution in [0.3, 0.4) is 0 Å². The summed E-state index contributed by atoms with van der Waals surface area (Å²) in [6.07, 6.45) is 0. The van der Waals surface area contributed by atoms with Gasteiger partial charge in [-0.2, -0.15) is 0 Å². The average Bonchev–Trinajstić information content (AvgIpc) is 3.02. The monoisotopic (exact) mass is 355 g/mol. The first-order valence-electron chi connectivity index (χ1n) is 8.11. The molecule has 2 aromatic carbocycles. The van der Waals surface area contributed by atoms with Gasteiger partial charge < -0.3 is 15.0 Å². The molecule has 0 bridgehead atoms. The highest BCUT2D eigenvalue weighted by Crippen LogP contribution is 2.23. The minimum atomic E-state index is -0.0552. The number of methoxy groups -OCH3 is 1. The fourth-order valence-corrected chi connectivity index (χ4v) is 3.13. The van der Waals surface area contributed by atoms with E-state index in [2.05, 4.69) is 29.1 Å². The first-order valence-corrected chi connectivity index (χ1v) is 9.10. The lowest BCUT2D eigenvalue weighted by Gasteiger charge is -2.08. The van der Waals surface area contributed by atoms with Crippen LogP contribution in [0, 0.1) is 0 Å². The number of hydrogen-bond acceptors (Lipinski definition) is 4.